The van der Waals surface area contributed by atoms with Gasteiger partial charge in [0.05, 0.1) is 19.2 Å². The predicted octanol–water partition coefficient (Wildman–Crippen LogP) is 2.81. The molecule has 5 nitrogen and oxygen atoms in total. The van der Waals surface area contributed by atoms with E-state index in [0.717, 1.165) is 21.6 Å². The second-order valence-electron chi connectivity index (χ2n) is 6.36. The smallest absolute Gasteiger partial charge is 0.338 e. The highest BCUT2D eigenvalue weighted by Crippen LogP contribution is 2.26. The van der Waals surface area contributed by atoms with E-state index < -0.39 is 11.6 Å². The summed E-state index contributed by atoms with van der Waals surface area (Å²) in [6.45, 7) is 9.77. The van der Waals surface area contributed by atoms with Gasteiger partial charge in [0.2, 0.25) is 0 Å². The molecule has 0 spiro atoms. The number of rotatable bonds is 5. The molecule has 0 aromatic heterocycles. The van der Waals surface area contributed by atoms with Crippen molar-refractivity contribution in [2.45, 2.75) is 51.7 Å². The predicted molar refractivity (Wildman–Crippen MR) is 92.1 cm³/mol. The molecule has 23 heavy (non-hydrogen) atoms. The first kappa shape index (κ1) is 19.5. The standard InChI is InChI=1S/C17H25NO4S/c1-10-12(8-18-9-14(19)22-17(3,4)5)7-13(16(20)21-6)11(2)15(10)23/h7,18,23H,8-9H2,1-6H3. The number of hydrogen-bond acceptors (Lipinski definition) is 6. The van der Waals surface area contributed by atoms with Gasteiger partial charge in [-0.15, -0.1) is 12.6 Å². The summed E-state index contributed by atoms with van der Waals surface area (Å²) in [5.74, 6) is -0.715. The molecular weight excluding hydrogens is 314 g/mol. The Hall–Kier alpha value is -1.53. The quantitative estimate of drug-likeness (QED) is 0.638. The van der Waals surface area contributed by atoms with Gasteiger partial charge in [0.1, 0.15) is 5.60 Å². The normalized spacial score (nSPS) is 11.3. The minimum atomic E-state index is -0.505. The SMILES string of the molecule is COC(=O)c1cc(CNCC(=O)OC(C)(C)C)c(C)c(S)c1C. The molecule has 0 bridgehead atoms. The Bertz CT molecular complexity index is 606. The monoisotopic (exact) mass is 339 g/mol. The van der Waals surface area contributed by atoms with Crippen molar-refractivity contribution in [3.05, 3.63) is 28.3 Å². The number of carbonyl (C=O) groups excluding carboxylic acids is 2. The summed E-state index contributed by atoms with van der Waals surface area (Å²) in [4.78, 5) is 24.3. The Kier molecular flexibility index (Phi) is 6.65. The van der Waals surface area contributed by atoms with Crippen LogP contribution in [0.25, 0.3) is 0 Å². The lowest BCUT2D eigenvalue weighted by molar-refractivity contribution is -0.153. The van der Waals surface area contributed by atoms with E-state index in [-0.39, 0.29) is 12.5 Å². The molecule has 0 saturated heterocycles. The van der Waals surface area contributed by atoms with E-state index in [0.29, 0.717) is 12.1 Å². The lowest BCUT2D eigenvalue weighted by Crippen LogP contribution is -2.31. The van der Waals surface area contributed by atoms with Crippen LogP contribution < -0.4 is 5.32 Å². The third-order valence-electron chi connectivity index (χ3n) is 3.32. The van der Waals surface area contributed by atoms with Gasteiger partial charge >= 0.3 is 11.9 Å². The maximum Gasteiger partial charge on any atom is 0.338 e. The first-order valence-corrected chi connectivity index (χ1v) is 7.84. The summed E-state index contributed by atoms with van der Waals surface area (Å²) in [5, 5.41) is 3.04. The molecule has 0 saturated carbocycles. The van der Waals surface area contributed by atoms with E-state index in [2.05, 4.69) is 17.9 Å². The van der Waals surface area contributed by atoms with Crippen molar-refractivity contribution in [1.82, 2.24) is 5.32 Å². The largest absolute Gasteiger partial charge is 0.465 e. The average molecular weight is 339 g/mol. The summed E-state index contributed by atoms with van der Waals surface area (Å²) < 4.78 is 10.0. The van der Waals surface area contributed by atoms with Crippen molar-refractivity contribution in [2.75, 3.05) is 13.7 Å². The fraction of sp³-hybridized carbons (Fsp3) is 0.529. The second-order valence-corrected chi connectivity index (χ2v) is 6.81. The van der Waals surface area contributed by atoms with Gasteiger partial charge in [-0.2, -0.15) is 0 Å². The van der Waals surface area contributed by atoms with Crippen LogP contribution in [-0.4, -0.2) is 31.2 Å². The van der Waals surface area contributed by atoms with Crippen molar-refractivity contribution < 1.29 is 19.1 Å². The van der Waals surface area contributed by atoms with Crippen LogP contribution in [0.5, 0.6) is 0 Å². The molecule has 0 radical (unpaired) electrons. The van der Waals surface area contributed by atoms with Crippen molar-refractivity contribution in [3.8, 4) is 0 Å². The van der Waals surface area contributed by atoms with Gasteiger partial charge in [0, 0.05) is 11.4 Å². The molecule has 0 aliphatic carbocycles. The molecule has 1 aromatic carbocycles. The van der Waals surface area contributed by atoms with Gasteiger partial charge in [-0.25, -0.2) is 4.79 Å². The number of thiol groups is 1. The van der Waals surface area contributed by atoms with Crippen LogP contribution in [0.2, 0.25) is 0 Å². The molecule has 128 valence electrons. The number of benzene rings is 1. The first-order valence-electron chi connectivity index (χ1n) is 7.39. The summed E-state index contributed by atoms with van der Waals surface area (Å²) in [7, 11) is 1.35. The molecule has 0 amide bonds. The highest BCUT2D eigenvalue weighted by molar-refractivity contribution is 7.80. The summed E-state index contributed by atoms with van der Waals surface area (Å²) in [5.41, 5.74) is 2.62. The summed E-state index contributed by atoms with van der Waals surface area (Å²) in [6.07, 6.45) is 0. The number of esters is 2. The molecule has 0 aliphatic heterocycles. The van der Waals surface area contributed by atoms with E-state index in [4.69, 9.17) is 9.47 Å². The molecule has 0 atom stereocenters. The van der Waals surface area contributed by atoms with Gasteiger partial charge in [-0.3, -0.25) is 4.79 Å². The van der Waals surface area contributed by atoms with E-state index in [9.17, 15) is 9.59 Å². The third kappa shape index (κ3) is 5.55. The zero-order chi connectivity index (χ0) is 17.8. The molecular formula is C17H25NO4S. The van der Waals surface area contributed by atoms with Crippen LogP contribution in [0.4, 0.5) is 0 Å². The molecule has 1 aromatic rings. The Morgan fingerprint density at radius 3 is 2.35 bits per heavy atom. The van der Waals surface area contributed by atoms with Gasteiger partial charge in [-0.1, -0.05) is 0 Å². The second kappa shape index (κ2) is 7.84. The van der Waals surface area contributed by atoms with Crippen LogP contribution in [-0.2, 0) is 20.8 Å². The Labute approximate surface area is 143 Å². The zero-order valence-electron chi connectivity index (χ0n) is 14.6. The van der Waals surface area contributed by atoms with Crippen LogP contribution in [0.15, 0.2) is 11.0 Å². The van der Waals surface area contributed by atoms with Gasteiger partial charge in [0.15, 0.2) is 0 Å². The van der Waals surface area contributed by atoms with E-state index >= 15 is 0 Å². The van der Waals surface area contributed by atoms with E-state index in [1.54, 1.807) is 6.07 Å². The minimum absolute atomic E-state index is 0.0973. The third-order valence-corrected chi connectivity index (χ3v) is 4.00. The van der Waals surface area contributed by atoms with Crippen LogP contribution in [0, 0.1) is 13.8 Å². The average Bonchev–Trinajstić information content (AvgIpc) is 2.44. The first-order chi connectivity index (χ1) is 10.6. The maximum atomic E-state index is 11.8. The Balaban J connectivity index is 2.83. The highest BCUT2D eigenvalue weighted by Gasteiger charge is 2.18. The van der Waals surface area contributed by atoms with Crippen LogP contribution in [0.1, 0.15) is 47.8 Å². The highest BCUT2D eigenvalue weighted by atomic mass is 32.1. The lowest BCUT2D eigenvalue weighted by atomic mass is 9.99. The van der Waals surface area contributed by atoms with Gasteiger partial charge in [0.25, 0.3) is 0 Å². The molecule has 0 heterocycles. The molecule has 0 unspecified atom stereocenters. The van der Waals surface area contributed by atoms with Gasteiger partial charge < -0.3 is 14.8 Å². The van der Waals surface area contributed by atoms with Crippen molar-refractivity contribution in [3.63, 3.8) is 0 Å². The number of nitrogens with one attached hydrogen (secondary N) is 1. The summed E-state index contributed by atoms with van der Waals surface area (Å²) >= 11 is 4.48. The zero-order valence-corrected chi connectivity index (χ0v) is 15.5. The van der Waals surface area contributed by atoms with E-state index in [1.165, 1.54) is 7.11 Å². The van der Waals surface area contributed by atoms with Crippen molar-refractivity contribution in [2.24, 2.45) is 0 Å². The lowest BCUT2D eigenvalue weighted by Gasteiger charge is -2.20. The topological polar surface area (TPSA) is 64.6 Å². The number of hydrogen-bond donors (Lipinski definition) is 2. The molecule has 1 N–H and O–H groups in total. The number of methoxy groups -OCH3 is 1. The molecule has 0 fully saturated rings. The van der Waals surface area contributed by atoms with Crippen LogP contribution in [0.3, 0.4) is 0 Å². The van der Waals surface area contributed by atoms with Gasteiger partial charge in [-0.05, 0) is 57.4 Å². The van der Waals surface area contributed by atoms with Crippen LogP contribution >= 0.6 is 12.6 Å². The van der Waals surface area contributed by atoms with E-state index in [1.807, 2.05) is 34.6 Å². The summed E-state index contributed by atoms with van der Waals surface area (Å²) in [6, 6.07) is 1.78. The maximum absolute atomic E-state index is 11.8. The number of ether oxygens (including phenoxy) is 2. The number of carbonyl (C=O) groups is 2. The molecule has 6 heteroatoms. The fourth-order valence-corrected chi connectivity index (χ4v) is 2.40. The van der Waals surface area contributed by atoms with Crippen molar-refractivity contribution in [1.29, 1.82) is 0 Å². The fourth-order valence-electron chi connectivity index (χ4n) is 2.13. The Morgan fingerprint density at radius 2 is 1.83 bits per heavy atom. The Morgan fingerprint density at radius 1 is 1.22 bits per heavy atom. The van der Waals surface area contributed by atoms with Crippen molar-refractivity contribution >= 4 is 24.6 Å². The minimum Gasteiger partial charge on any atom is -0.465 e. The molecule has 1 rings (SSSR count). The molecule has 0 aliphatic rings.